The van der Waals surface area contributed by atoms with Crippen molar-refractivity contribution in [3.8, 4) is 0 Å². The number of rotatable bonds is 8. The van der Waals surface area contributed by atoms with E-state index in [0.29, 0.717) is 25.6 Å². The number of ether oxygens (including phenoxy) is 1. The molecule has 0 heterocycles. The van der Waals surface area contributed by atoms with Crippen LogP contribution in [0.3, 0.4) is 0 Å². The van der Waals surface area contributed by atoms with E-state index >= 15 is 0 Å². The molecule has 17 heavy (non-hydrogen) atoms. The first-order valence-corrected chi connectivity index (χ1v) is 5.94. The van der Waals surface area contributed by atoms with Crippen LogP contribution < -0.4 is 0 Å². The van der Waals surface area contributed by atoms with E-state index in [1.54, 1.807) is 0 Å². The first-order valence-electron chi connectivity index (χ1n) is 5.94. The fourth-order valence-electron chi connectivity index (χ4n) is 1.69. The van der Waals surface area contributed by atoms with E-state index in [4.69, 9.17) is 4.74 Å². The zero-order valence-electron chi connectivity index (χ0n) is 10.4. The minimum absolute atomic E-state index is 0.361. The number of carbonyl (C=O) groups is 1. The smallest absolute Gasteiger partial charge is 0.120 e. The van der Waals surface area contributed by atoms with Gasteiger partial charge in [0.1, 0.15) is 6.29 Å². The standard InChI is InChI=1S/C15H20O2/c1-13(8-9-16)10-14(2)11-17-12-15-6-4-3-5-7-15/h3-7,9,13H,2,8,10-12H2,1H3/t13-/m0/s1. The fraction of sp³-hybridized carbons (Fsp3) is 0.400. The van der Waals surface area contributed by atoms with Gasteiger partial charge in [-0.15, -0.1) is 0 Å². The van der Waals surface area contributed by atoms with Gasteiger partial charge in [-0.2, -0.15) is 0 Å². The van der Waals surface area contributed by atoms with Crippen molar-refractivity contribution in [2.24, 2.45) is 5.92 Å². The van der Waals surface area contributed by atoms with Gasteiger partial charge in [0.2, 0.25) is 0 Å². The Morgan fingerprint density at radius 3 is 2.76 bits per heavy atom. The summed E-state index contributed by atoms with van der Waals surface area (Å²) in [7, 11) is 0. The average molecular weight is 232 g/mol. The highest BCUT2D eigenvalue weighted by Crippen LogP contribution is 2.13. The molecule has 0 aromatic heterocycles. The van der Waals surface area contributed by atoms with E-state index in [1.165, 1.54) is 5.56 Å². The molecule has 0 bridgehead atoms. The zero-order chi connectivity index (χ0) is 12.5. The lowest BCUT2D eigenvalue weighted by Crippen LogP contribution is -2.03. The third-order valence-corrected chi connectivity index (χ3v) is 2.55. The zero-order valence-corrected chi connectivity index (χ0v) is 10.4. The second-order valence-corrected chi connectivity index (χ2v) is 4.44. The van der Waals surface area contributed by atoms with Crippen molar-refractivity contribution < 1.29 is 9.53 Å². The molecule has 0 amide bonds. The molecule has 92 valence electrons. The summed E-state index contributed by atoms with van der Waals surface area (Å²) in [5.74, 6) is 0.361. The largest absolute Gasteiger partial charge is 0.372 e. The summed E-state index contributed by atoms with van der Waals surface area (Å²) in [6.07, 6.45) is 2.41. The molecule has 2 nitrogen and oxygen atoms in total. The molecule has 0 N–H and O–H groups in total. The van der Waals surface area contributed by atoms with Crippen LogP contribution in [0.25, 0.3) is 0 Å². The van der Waals surface area contributed by atoms with E-state index in [9.17, 15) is 4.79 Å². The fourth-order valence-corrected chi connectivity index (χ4v) is 1.69. The molecule has 0 saturated carbocycles. The SMILES string of the molecule is C=C(COCc1ccccc1)C[C@@H](C)CC=O. The molecule has 0 fully saturated rings. The van der Waals surface area contributed by atoms with E-state index in [1.807, 2.05) is 30.3 Å². The summed E-state index contributed by atoms with van der Waals surface area (Å²) >= 11 is 0. The molecule has 1 aromatic rings. The van der Waals surface area contributed by atoms with Crippen LogP contribution in [0.5, 0.6) is 0 Å². The molecule has 0 aliphatic carbocycles. The van der Waals surface area contributed by atoms with Gasteiger partial charge in [-0.3, -0.25) is 0 Å². The van der Waals surface area contributed by atoms with Gasteiger partial charge < -0.3 is 9.53 Å². The van der Waals surface area contributed by atoms with Crippen molar-refractivity contribution in [2.45, 2.75) is 26.4 Å². The van der Waals surface area contributed by atoms with Crippen molar-refractivity contribution in [3.05, 3.63) is 48.0 Å². The maximum atomic E-state index is 10.3. The maximum absolute atomic E-state index is 10.3. The quantitative estimate of drug-likeness (QED) is 0.507. The second-order valence-electron chi connectivity index (χ2n) is 4.44. The van der Waals surface area contributed by atoms with Gasteiger partial charge in [0, 0.05) is 6.42 Å². The Labute approximate surface area is 103 Å². The Morgan fingerprint density at radius 2 is 2.12 bits per heavy atom. The number of hydrogen-bond acceptors (Lipinski definition) is 2. The minimum Gasteiger partial charge on any atom is -0.372 e. The summed E-state index contributed by atoms with van der Waals surface area (Å²) < 4.78 is 5.57. The molecule has 2 heteroatoms. The molecule has 0 aliphatic rings. The molecule has 0 saturated heterocycles. The highest BCUT2D eigenvalue weighted by molar-refractivity contribution is 5.49. The maximum Gasteiger partial charge on any atom is 0.120 e. The molecule has 1 atom stereocenters. The summed E-state index contributed by atoms with van der Waals surface area (Å²) in [6, 6.07) is 10.1. The second kappa shape index (κ2) is 7.80. The van der Waals surface area contributed by atoms with Gasteiger partial charge >= 0.3 is 0 Å². The monoisotopic (exact) mass is 232 g/mol. The van der Waals surface area contributed by atoms with Gasteiger partial charge in [-0.1, -0.05) is 49.4 Å². The van der Waals surface area contributed by atoms with E-state index in [0.717, 1.165) is 18.3 Å². The highest BCUT2D eigenvalue weighted by Gasteiger charge is 2.04. The van der Waals surface area contributed by atoms with Crippen LogP contribution in [0.15, 0.2) is 42.5 Å². The Morgan fingerprint density at radius 1 is 1.41 bits per heavy atom. The number of carbonyl (C=O) groups excluding carboxylic acids is 1. The first-order chi connectivity index (χ1) is 8.22. The van der Waals surface area contributed by atoms with Crippen LogP contribution in [0.1, 0.15) is 25.3 Å². The molecule has 0 aliphatic heterocycles. The topological polar surface area (TPSA) is 26.3 Å². The van der Waals surface area contributed by atoms with Crippen LogP contribution in [0.4, 0.5) is 0 Å². The van der Waals surface area contributed by atoms with Gasteiger partial charge in [0.25, 0.3) is 0 Å². The van der Waals surface area contributed by atoms with Gasteiger partial charge in [-0.25, -0.2) is 0 Å². The number of aldehydes is 1. The van der Waals surface area contributed by atoms with Gasteiger partial charge in [-0.05, 0) is 17.9 Å². The highest BCUT2D eigenvalue weighted by atomic mass is 16.5. The summed E-state index contributed by atoms with van der Waals surface area (Å²) in [5, 5.41) is 0. The third-order valence-electron chi connectivity index (χ3n) is 2.55. The summed E-state index contributed by atoms with van der Waals surface area (Å²) in [6.45, 7) is 7.20. The molecule has 0 radical (unpaired) electrons. The van der Waals surface area contributed by atoms with Crippen molar-refractivity contribution >= 4 is 6.29 Å². The van der Waals surface area contributed by atoms with E-state index in [2.05, 4.69) is 13.5 Å². The minimum atomic E-state index is 0.361. The van der Waals surface area contributed by atoms with Crippen molar-refractivity contribution in [3.63, 3.8) is 0 Å². The molecule has 1 aromatic carbocycles. The Bertz CT molecular complexity index is 343. The van der Waals surface area contributed by atoms with Crippen LogP contribution in [0, 0.1) is 5.92 Å². The normalized spacial score (nSPS) is 12.1. The Hall–Kier alpha value is -1.41. The lowest BCUT2D eigenvalue weighted by Gasteiger charge is -2.11. The van der Waals surface area contributed by atoms with Crippen molar-refractivity contribution in [1.82, 2.24) is 0 Å². The molecule has 0 unspecified atom stereocenters. The van der Waals surface area contributed by atoms with Crippen LogP contribution >= 0.6 is 0 Å². The summed E-state index contributed by atoms with van der Waals surface area (Å²) in [4.78, 5) is 10.3. The predicted molar refractivity (Wildman–Crippen MR) is 69.7 cm³/mol. The average Bonchev–Trinajstić information content (AvgIpc) is 2.30. The number of benzene rings is 1. The molecular weight excluding hydrogens is 212 g/mol. The van der Waals surface area contributed by atoms with Crippen LogP contribution in [-0.4, -0.2) is 12.9 Å². The van der Waals surface area contributed by atoms with Crippen molar-refractivity contribution in [1.29, 1.82) is 0 Å². The number of hydrogen-bond donors (Lipinski definition) is 0. The van der Waals surface area contributed by atoms with E-state index in [-0.39, 0.29) is 0 Å². The van der Waals surface area contributed by atoms with Gasteiger partial charge in [0.15, 0.2) is 0 Å². The van der Waals surface area contributed by atoms with Crippen molar-refractivity contribution in [2.75, 3.05) is 6.61 Å². The Kier molecular flexibility index (Phi) is 6.26. The molecular formula is C15H20O2. The van der Waals surface area contributed by atoms with Gasteiger partial charge in [0.05, 0.1) is 13.2 Å². The van der Waals surface area contributed by atoms with Crippen LogP contribution in [0.2, 0.25) is 0 Å². The molecule has 0 spiro atoms. The lowest BCUT2D eigenvalue weighted by atomic mass is 10.0. The van der Waals surface area contributed by atoms with E-state index < -0.39 is 0 Å². The lowest BCUT2D eigenvalue weighted by molar-refractivity contribution is -0.108. The predicted octanol–water partition coefficient (Wildman–Crippen LogP) is 3.37. The third kappa shape index (κ3) is 6.03. The summed E-state index contributed by atoms with van der Waals surface area (Å²) in [5.41, 5.74) is 2.22. The molecule has 1 rings (SSSR count). The Balaban J connectivity index is 2.18. The van der Waals surface area contributed by atoms with Crippen LogP contribution in [-0.2, 0) is 16.1 Å². The first kappa shape index (κ1) is 13.7.